The lowest BCUT2D eigenvalue weighted by Gasteiger charge is -2.13. The fourth-order valence-corrected chi connectivity index (χ4v) is 4.68. The summed E-state index contributed by atoms with van der Waals surface area (Å²) in [5.74, 6) is 0. The summed E-state index contributed by atoms with van der Waals surface area (Å²) in [4.78, 5) is 0. The zero-order chi connectivity index (χ0) is 32.5. The Kier molecular flexibility index (Phi) is 15.6. The third kappa shape index (κ3) is 9.05. The van der Waals surface area contributed by atoms with Crippen LogP contribution < -0.4 is 5.73 Å². The Bertz CT molecular complexity index is 1550. The van der Waals surface area contributed by atoms with E-state index in [0.29, 0.717) is 0 Å². The Morgan fingerprint density at radius 3 is 2.00 bits per heavy atom. The fourth-order valence-electron chi connectivity index (χ4n) is 4.68. The first-order valence-electron chi connectivity index (χ1n) is 14.6. The van der Waals surface area contributed by atoms with Crippen LogP contribution in [0.25, 0.3) is 34.6 Å². The van der Waals surface area contributed by atoms with Crippen LogP contribution in [0, 0.1) is 19.3 Å². The Balaban J connectivity index is 0.000000592. The molecule has 0 aliphatic rings. The van der Waals surface area contributed by atoms with E-state index in [1.807, 2.05) is 70.2 Å². The van der Waals surface area contributed by atoms with Gasteiger partial charge in [0.05, 0.1) is 5.69 Å². The summed E-state index contributed by atoms with van der Waals surface area (Å²) in [6.07, 6.45) is 16.4. The van der Waals surface area contributed by atoms with E-state index in [1.165, 1.54) is 22.9 Å². The maximum atomic E-state index is 7.63. The van der Waals surface area contributed by atoms with Gasteiger partial charge in [0.1, 0.15) is 0 Å². The van der Waals surface area contributed by atoms with Crippen LogP contribution >= 0.6 is 0 Å². The minimum absolute atomic E-state index is 0.839. The third-order valence-corrected chi connectivity index (χ3v) is 7.08. The van der Waals surface area contributed by atoms with E-state index in [4.69, 9.17) is 11.1 Å². The number of nitrogens with zero attached hydrogens (tertiary/aromatic N) is 1. The molecule has 1 heterocycles. The number of hydrogen-bond donors (Lipinski definition) is 2. The van der Waals surface area contributed by atoms with Crippen molar-refractivity contribution in [2.24, 2.45) is 12.8 Å². The van der Waals surface area contributed by atoms with E-state index in [1.54, 1.807) is 18.4 Å². The molecule has 3 N–H and O–H groups in total. The van der Waals surface area contributed by atoms with Gasteiger partial charge in [0, 0.05) is 30.7 Å². The van der Waals surface area contributed by atoms with E-state index in [2.05, 4.69) is 88.2 Å². The lowest BCUT2D eigenvalue weighted by molar-refractivity contribution is 0.917. The van der Waals surface area contributed by atoms with Crippen LogP contribution in [0.1, 0.15) is 61.2 Å². The summed E-state index contributed by atoms with van der Waals surface area (Å²) in [6, 6.07) is 16.4. The molecule has 3 rings (SSSR count). The van der Waals surface area contributed by atoms with Crippen molar-refractivity contribution in [1.29, 1.82) is 5.41 Å². The number of nitrogens with one attached hydrogen (secondary N) is 1. The van der Waals surface area contributed by atoms with Crippen molar-refractivity contribution in [1.82, 2.24) is 4.57 Å². The lowest BCUT2D eigenvalue weighted by atomic mass is 9.95. The summed E-state index contributed by atoms with van der Waals surface area (Å²) in [6.45, 7) is 27.9. The van der Waals surface area contributed by atoms with Gasteiger partial charge in [0.15, 0.2) is 0 Å². The molecule has 0 fully saturated rings. The van der Waals surface area contributed by atoms with Crippen molar-refractivity contribution in [3.05, 3.63) is 156 Å². The summed E-state index contributed by atoms with van der Waals surface area (Å²) >= 11 is 0. The lowest BCUT2D eigenvalue weighted by Crippen LogP contribution is -1.99. The first kappa shape index (κ1) is 36.1. The second-order valence-corrected chi connectivity index (χ2v) is 9.46. The van der Waals surface area contributed by atoms with Crippen LogP contribution in [0.4, 0.5) is 0 Å². The van der Waals surface area contributed by atoms with E-state index >= 15 is 0 Å². The summed E-state index contributed by atoms with van der Waals surface area (Å²) < 4.78 is 2.20. The van der Waals surface area contributed by atoms with Crippen molar-refractivity contribution < 1.29 is 0 Å². The van der Waals surface area contributed by atoms with Gasteiger partial charge < -0.3 is 15.7 Å². The molecule has 0 bridgehead atoms. The van der Waals surface area contributed by atoms with Gasteiger partial charge in [-0.2, -0.15) is 0 Å². The SMILES string of the molecule is C=C(/C=C\C)c1ccccc1.C=CC(=C\N)/C(C=C)=C/c1c(C)c(C)c(-c2ccc(/C(C=N)=C/C)cc2C=C)n1C.CC. The molecule has 2 aromatic carbocycles. The predicted octanol–water partition coefficient (Wildman–Crippen LogP) is 10.9. The summed E-state index contributed by atoms with van der Waals surface area (Å²) in [5.41, 5.74) is 18.4. The Hall–Kier alpha value is -4.89. The van der Waals surface area contributed by atoms with Crippen LogP contribution in [-0.2, 0) is 7.05 Å². The molecule has 0 spiro atoms. The van der Waals surface area contributed by atoms with Crippen molar-refractivity contribution in [2.45, 2.75) is 41.5 Å². The molecule has 0 atom stereocenters. The first-order valence-corrected chi connectivity index (χ1v) is 14.6. The smallest absolute Gasteiger partial charge is 0.0520 e. The zero-order valence-corrected chi connectivity index (χ0v) is 27.2. The summed E-state index contributed by atoms with van der Waals surface area (Å²) in [5, 5.41) is 7.63. The van der Waals surface area contributed by atoms with Crippen molar-refractivity contribution >= 4 is 29.5 Å². The van der Waals surface area contributed by atoms with E-state index in [9.17, 15) is 0 Å². The number of hydrogen-bond acceptors (Lipinski definition) is 2. The van der Waals surface area contributed by atoms with Crippen molar-refractivity contribution in [2.75, 3.05) is 0 Å². The molecule has 0 saturated carbocycles. The number of nitrogens with two attached hydrogens (primary N) is 1. The molecular formula is C40H49N3. The molecule has 3 aromatic rings. The second kappa shape index (κ2) is 18.5. The van der Waals surface area contributed by atoms with E-state index < -0.39 is 0 Å². The maximum absolute atomic E-state index is 7.63. The van der Waals surface area contributed by atoms with E-state index in [0.717, 1.165) is 50.4 Å². The molecule has 0 radical (unpaired) electrons. The highest BCUT2D eigenvalue weighted by molar-refractivity contribution is 6.08. The highest BCUT2D eigenvalue weighted by Gasteiger charge is 2.18. The molecular weight excluding hydrogens is 522 g/mol. The minimum Gasteiger partial charge on any atom is -0.404 e. The van der Waals surface area contributed by atoms with Gasteiger partial charge in [0.2, 0.25) is 0 Å². The average molecular weight is 572 g/mol. The molecule has 3 heteroatoms. The van der Waals surface area contributed by atoms with Gasteiger partial charge >= 0.3 is 0 Å². The topological polar surface area (TPSA) is 54.8 Å². The fraction of sp³-hybridized carbons (Fsp3) is 0.175. The maximum Gasteiger partial charge on any atom is 0.0520 e. The molecule has 0 aliphatic carbocycles. The van der Waals surface area contributed by atoms with Gasteiger partial charge in [-0.3, -0.25) is 0 Å². The largest absolute Gasteiger partial charge is 0.404 e. The highest BCUT2D eigenvalue weighted by Crippen LogP contribution is 2.35. The predicted molar refractivity (Wildman–Crippen MR) is 195 cm³/mol. The van der Waals surface area contributed by atoms with Gasteiger partial charge in [-0.1, -0.05) is 119 Å². The Morgan fingerprint density at radius 2 is 1.51 bits per heavy atom. The number of rotatable bonds is 10. The van der Waals surface area contributed by atoms with Gasteiger partial charge in [0.25, 0.3) is 0 Å². The molecule has 1 aromatic heterocycles. The van der Waals surface area contributed by atoms with Crippen LogP contribution in [0.3, 0.4) is 0 Å². The standard InChI is InChI=1S/C27H31N3.C11H12.C2H6/c1-8-20(22(10-3)16-28)15-26-18(5)19(6)27(30(26)7)25-13-12-24(14-21(25)9-2)23(11-4)17-29;1-3-7-10(2)11-8-5-4-6-9-11;1-2/h8-17,29H,1-3,28H2,4-7H3;3-9H,2H2,1H3;1-2H3/b20-15+,22-16+,23-11+,29-17?;7-3-;. The molecule has 0 aliphatic heterocycles. The Labute approximate surface area is 260 Å². The molecule has 224 valence electrons. The van der Waals surface area contributed by atoms with Crippen LogP contribution in [0.2, 0.25) is 0 Å². The molecule has 0 amide bonds. The van der Waals surface area contributed by atoms with E-state index in [-0.39, 0.29) is 0 Å². The van der Waals surface area contributed by atoms with Gasteiger partial charge in [-0.05, 0) is 89.9 Å². The van der Waals surface area contributed by atoms with Gasteiger partial charge in [-0.15, -0.1) is 0 Å². The Morgan fingerprint density at radius 1 is 0.884 bits per heavy atom. The number of aromatic nitrogens is 1. The molecule has 0 unspecified atom stereocenters. The first-order chi connectivity index (χ1) is 20.7. The van der Waals surface area contributed by atoms with Crippen molar-refractivity contribution in [3.8, 4) is 11.3 Å². The normalized spacial score (nSPS) is 11.6. The third-order valence-electron chi connectivity index (χ3n) is 7.08. The monoisotopic (exact) mass is 571 g/mol. The molecule has 0 saturated heterocycles. The van der Waals surface area contributed by atoms with Crippen molar-refractivity contribution in [3.63, 3.8) is 0 Å². The summed E-state index contributed by atoms with van der Waals surface area (Å²) in [7, 11) is 2.07. The minimum atomic E-state index is 0.839. The average Bonchev–Trinajstić information content (AvgIpc) is 3.25. The van der Waals surface area contributed by atoms with Gasteiger partial charge in [-0.25, -0.2) is 0 Å². The quantitative estimate of drug-likeness (QED) is 0.184. The zero-order valence-electron chi connectivity index (χ0n) is 27.2. The van der Waals surface area contributed by atoms with Crippen LogP contribution in [0.15, 0.2) is 123 Å². The second-order valence-electron chi connectivity index (χ2n) is 9.46. The highest BCUT2D eigenvalue weighted by atomic mass is 15.0. The van der Waals surface area contributed by atoms with Crippen LogP contribution in [0.5, 0.6) is 0 Å². The molecule has 43 heavy (non-hydrogen) atoms. The molecule has 3 nitrogen and oxygen atoms in total. The number of allylic oxidation sites excluding steroid dienone is 9. The van der Waals surface area contributed by atoms with Crippen LogP contribution in [-0.4, -0.2) is 10.8 Å². The number of benzene rings is 2.